The Hall–Kier alpha value is -0.770. The first-order valence-corrected chi connectivity index (χ1v) is 7.28. The molecule has 0 aliphatic heterocycles. The second-order valence-electron chi connectivity index (χ2n) is 4.54. The Morgan fingerprint density at radius 1 is 0.944 bits per heavy atom. The Kier molecular flexibility index (Phi) is 13.7. The van der Waals surface area contributed by atoms with Gasteiger partial charge in [-0.15, -0.1) is 0 Å². The molecule has 108 valence electrons. The highest BCUT2D eigenvalue weighted by Crippen LogP contribution is 1.97. The van der Waals surface area contributed by atoms with Gasteiger partial charge >= 0.3 is 0 Å². The molecule has 0 bridgehead atoms. The van der Waals surface area contributed by atoms with Crippen molar-refractivity contribution in [1.82, 2.24) is 10.6 Å². The molecule has 18 heavy (non-hydrogen) atoms. The standard InChI is InChI=1S/C14H31N3O/c1-4-5-6-8-11-16-14(15-2)17-12-9-7-10-13-18-3/h4-13H2,1-3H3,(H2,15,16,17). The van der Waals surface area contributed by atoms with Gasteiger partial charge in [0.15, 0.2) is 5.96 Å². The smallest absolute Gasteiger partial charge is 0.190 e. The summed E-state index contributed by atoms with van der Waals surface area (Å²) in [5.41, 5.74) is 0. The number of guanidine groups is 1. The van der Waals surface area contributed by atoms with Crippen molar-refractivity contribution in [3.63, 3.8) is 0 Å². The summed E-state index contributed by atoms with van der Waals surface area (Å²) in [5.74, 6) is 0.929. The quantitative estimate of drug-likeness (QED) is 0.340. The lowest BCUT2D eigenvalue weighted by atomic mass is 10.2. The van der Waals surface area contributed by atoms with Crippen molar-refractivity contribution >= 4 is 5.96 Å². The molecule has 0 saturated carbocycles. The largest absolute Gasteiger partial charge is 0.385 e. The highest BCUT2D eigenvalue weighted by atomic mass is 16.5. The van der Waals surface area contributed by atoms with Gasteiger partial charge in [-0.1, -0.05) is 26.2 Å². The maximum atomic E-state index is 5.02. The lowest BCUT2D eigenvalue weighted by Gasteiger charge is -2.11. The SMILES string of the molecule is CCCCCCNC(=NC)NCCCCCOC. The number of ether oxygens (including phenoxy) is 1. The molecule has 4 nitrogen and oxygen atoms in total. The Labute approximate surface area is 113 Å². The number of hydrogen-bond acceptors (Lipinski definition) is 2. The van der Waals surface area contributed by atoms with E-state index < -0.39 is 0 Å². The minimum absolute atomic E-state index is 0.865. The van der Waals surface area contributed by atoms with Crippen LogP contribution < -0.4 is 10.6 Å². The fourth-order valence-electron chi connectivity index (χ4n) is 1.73. The van der Waals surface area contributed by atoms with Crippen LogP contribution in [0.1, 0.15) is 51.9 Å². The van der Waals surface area contributed by atoms with Crippen LogP contribution in [0, 0.1) is 0 Å². The first-order chi connectivity index (χ1) is 8.85. The molecular formula is C14H31N3O. The number of nitrogens with one attached hydrogen (secondary N) is 2. The average molecular weight is 257 g/mol. The zero-order valence-corrected chi connectivity index (χ0v) is 12.4. The molecule has 0 aromatic carbocycles. The van der Waals surface area contributed by atoms with Gasteiger partial charge in [0.05, 0.1) is 0 Å². The van der Waals surface area contributed by atoms with E-state index in [-0.39, 0.29) is 0 Å². The topological polar surface area (TPSA) is 45.7 Å². The molecule has 0 heterocycles. The van der Waals surface area contributed by atoms with Crippen molar-refractivity contribution in [2.45, 2.75) is 51.9 Å². The second-order valence-corrected chi connectivity index (χ2v) is 4.54. The monoisotopic (exact) mass is 257 g/mol. The van der Waals surface area contributed by atoms with Crippen molar-refractivity contribution in [3.05, 3.63) is 0 Å². The van der Waals surface area contributed by atoms with Crippen LogP contribution in [0.2, 0.25) is 0 Å². The summed E-state index contributed by atoms with van der Waals surface area (Å²) in [5, 5.41) is 6.68. The molecule has 2 N–H and O–H groups in total. The summed E-state index contributed by atoms with van der Waals surface area (Å²) in [6.45, 7) is 5.10. The zero-order valence-electron chi connectivity index (χ0n) is 12.4. The highest BCUT2D eigenvalue weighted by Gasteiger charge is 1.96. The molecule has 0 atom stereocenters. The molecule has 0 spiro atoms. The maximum Gasteiger partial charge on any atom is 0.190 e. The van der Waals surface area contributed by atoms with Crippen LogP contribution >= 0.6 is 0 Å². The van der Waals surface area contributed by atoms with Gasteiger partial charge in [-0.3, -0.25) is 4.99 Å². The molecule has 4 heteroatoms. The van der Waals surface area contributed by atoms with Crippen LogP contribution in [-0.4, -0.2) is 39.8 Å². The molecule has 0 saturated heterocycles. The molecule has 0 fully saturated rings. The Balaban J connectivity index is 3.36. The van der Waals surface area contributed by atoms with Crippen molar-refractivity contribution in [2.24, 2.45) is 4.99 Å². The summed E-state index contributed by atoms with van der Waals surface area (Å²) in [4.78, 5) is 4.21. The lowest BCUT2D eigenvalue weighted by Crippen LogP contribution is -2.38. The van der Waals surface area contributed by atoms with E-state index >= 15 is 0 Å². The maximum absolute atomic E-state index is 5.02. The number of rotatable bonds is 11. The molecule has 0 amide bonds. The third-order valence-corrected chi connectivity index (χ3v) is 2.86. The molecule has 0 aliphatic carbocycles. The molecule has 0 aromatic heterocycles. The van der Waals surface area contributed by atoms with E-state index in [2.05, 4.69) is 22.5 Å². The predicted octanol–water partition coefficient (Wildman–Crippen LogP) is 2.55. The molecule has 0 aliphatic rings. The number of methoxy groups -OCH3 is 1. The first kappa shape index (κ1) is 17.2. The highest BCUT2D eigenvalue weighted by molar-refractivity contribution is 5.79. The minimum Gasteiger partial charge on any atom is -0.385 e. The van der Waals surface area contributed by atoms with Crippen molar-refractivity contribution in [1.29, 1.82) is 0 Å². The third-order valence-electron chi connectivity index (χ3n) is 2.86. The Morgan fingerprint density at radius 3 is 2.06 bits per heavy atom. The molecule has 0 aromatic rings. The first-order valence-electron chi connectivity index (χ1n) is 7.28. The van der Waals surface area contributed by atoms with E-state index in [9.17, 15) is 0 Å². The van der Waals surface area contributed by atoms with Gasteiger partial charge in [0.25, 0.3) is 0 Å². The van der Waals surface area contributed by atoms with Gasteiger partial charge in [0.2, 0.25) is 0 Å². The number of aliphatic imine (C=N–C) groups is 1. The van der Waals surface area contributed by atoms with Crippen LogP contribution in [0.15, 0.2) is 4.99 Å². The van der Waals surface area contributed by atoms with Crippen LogP contribution in [0.5, 0.6) is 0 Å². The van der Waals surface area contributed by atoms with Gasteiger partial charge in [0.1, 0.15) is 0 Å². The van der Waals surface area contributed by atoms with Gasteiger partial charge in [-0.05, 0) is 25.7 Å². The van der Waals surface area contributed by atoms with E-state index in [0.717, 1.165) is 32.1 Å². The fraction of sp³-hybridized carbons (Fsp3) is 0.929. The summed E-state index contributed by atoms with van der Waals surface area (Å²) in [7, 11) is 3.58. The fourth-order valence-corrected chi connectivity index (χ4v) is 1.73. The van der Waals surface area contributed by atoms with E-state index in [1.54, 1.807) is 7.11 Å². The number of hydrogen-bond donors (Lipinski definition) is 2. The van der Waals surface area contributed by atoms with Crippen molar-refractivity contribution in [2.75, 3.05) is 33.9 Å². The summed E-state index contributed by atoms with van der Waals surface area (Å²) in [6, 6.07) is 0. The predicted molar refractivity (Wildman–Crippen MR) is 79.2 cm³/mol. The van der Waals surface area contributed by atoms with Gasteiger partial charge in [-0.2, -0.15) is 0 Å². The van der Waals surface area contributed by atoms with Crippen LogP contribution in [-0.2, 0) is 4.74 Å². The minimum atomic E-state index is 0.865. The summed E-state index contributed by atoms with van der Waals surface area (Å²) >= 11 is 0. The van der Waals surface area contributed by atoms with Gasteiger partial charge in [-0.25, -0.2) is 0 Å². The summed E-state index contributed by atoms with van der Waals surface area (Å²) < 4.78 is 5.02. The molecule has 0 radical (unpaired) electrons. The zero-order chi connectivity index (χ0) is 13.5. The van der Waals surface area contributed by atoms with Crippen molar-refractivity contribution < 1.29 is 4.74 Å². The Bertz CT molecular complexity index is 195. The van der Waals surface area contributed by atoms with Crippen molar-refractivity contribution in [3.8, 4) is 0 Å². The van der Waals surface area contributed by atoms with E-state index in [1.807, 2.05) is 7.05 Å². The Morgan fingerprint density at radius 2 is 1.56 bits per heavy atom. The number of nitrogens with zero attached hydrogens (tertiary/aromatic N) is 1. The van der Waals surface area contributed by atoms with Crippen LogP contribution in [0.3, 0.4) is 0 Å². The van der Waals surface area contributed by atoms with E-state index in [1.165, 1.54) is 38.5 Å². The molecular weight excluding hydrogens is 226 g/mol. The van der Waals surface area contributed by atoms with Crippen LogP contribution in [0.4, 0.5) is 0 Å². The number of unbranched alkanes of at least 4 members (excludes halogenated alkanes) is 5. The lowest BCUT2D eigenvalue weighted by molar-refractivity contribution is 0.192. The third kappa shape index (κ3) is 11.7. The summed E-state index contributed by atoms with van der Waals surface area (Å²) in [6.07, 6.45) is 8.65. The van der Waals surface area contributed by atoms with E-state index in [0.29, 0.717) is 0 Å². The van der Waals surface area contributed by atoms with E-state index in [4.69, 9.17) is 4.74 Å². The normalized spacial score (nSPS) is 11.6. The molecule has 0 unspecified atom stereocenters. The van der Waals surface area contributed by atoms with Gasteiger partial charge in [0, 0.05) is 33.9 Å². The van der Waals surface area contributed by atoms with Crippen LogP contribution in [0.25, 0.3) is 0 Å². The molecule has 0 rings (SSSR count). The second kappa shape index (κ2) is 14.3. The van der Waals surface area contributed by atoms with Gasteiger partial charge < -0.3 is 15.4 Å². The average Bonchev–Trinajstić information content (AvgIpc) is 2.40.